The largest absolute Gasteiger partial charge is 0.460 e. The first kappa shape index (κ1) is 17.4. The van der Waals surface area contributed by atoms with E-state index in [2.05, 4.69) is 0 Å². The van der Waals surface area contributed by atoms with Gasteiger partial charge in [0.15, 0.2) is 23.3 Å². The van der Waals surface area contributed by atoms with Gasteiger partial charge < -0.3 is 4.74 Å². The maximum absolute atomic E-state index is 13.5. The summed E-state index contributed by atoms with van der Waals surface area (Å²) in [5, 5.41) is 0. The van der Waals surface area contributed by atoms with Crippen LogP contribution in [0.3, 0.4) is 0 Å². The van der Waals surface area contributed by atoms with Crippen LogP contribution in [-0.4, -0.2) is 5.97 Å². The summed E-state index contributed by atoms with van der Waals surface area (Å²) < 4.78 is 70.8. The van der Waals surface area contributed by atoms with Crippen LogP contribution in [0.15, 0.2) is 12.2 Å². The van der Waals surface area contributed by atoms with E-state index in [9.17, 15) is 26.7 Å². The molecule has 0 amide bonds. The van der Waals surface area contributed by atoms with Gasteiger partial charge in [-0.1, -0.05) is 26.0 Å². The van der Waals surface area contributed by atoms with E-state index >= 15 is 0 Å². The van der Waals surface area contributed by atoms with Crippen LogP contribution >= 0.6 is 0 Å². The van der Waals surface area contributed by atoms with E-state index in [0.717, 1.165) is 0 Å². The summed E-state index contributed by atoms with van der Waals surface area (Å²) in [5.74, 6) is -11.7. The zero-order chi connectivity index (χ0) is 17.5. The predicted octanol–water partition coefficient (Wildman–Crippen LogP) is 4.27. The number of hydrogen-bond acceptors (Lipinski definition) is 2. The molecule has 0 bridgehead atoms. The van der Waals surface area contributed by atoms with Crippen molar-refractivity contribution in [2.24, 2.45) is 17.3 Å². The zero-order valence-corrected chi connectivity index (χ0v) is 12.7. The standard InChI is InChI=1S/C16H15F5O2/c1-4-5-8-9(16(8,2)3)15(22)23-6-7-10(17)12(19)14(21)13(20)11(7)18/h4-5,8-9H,6H2,1-3H3/t8-,9+/m1/s1. The lowest BCUT2D eigenvalue weighted by Crippen LogP contribution is -2.14. The molecule has 2 atom stereocenters. The SMILES string of the molecule is CC=C[C@@H]1[C@@H](C(=O)OCc2c(F)c(F)c(F)c(F)c2F)C1(C)C. The second-order valence-electron chi connectivity index (χ2n) is 6.01. The van der Waals surface area contributed by atoms with Gasteiger partial charge in [-0.15, -0.1) is 0 Å². The lowest BCUT2D eigenvalue weighted by molar-refractivity contribution is -0.147. The summed E-state index contributed by atoms with van der Waals surface area (Å²) in [7, 11) is 0. The summed E-state index contributed by atoms with van der Waals surface area (Å²) >= 11 is 0. The molecule has 0 radical (unpaired) electrons. The van der Waals surface area contributed by atoms with Crippen molar-refractivity contribution in [3.05, 3.63) is 46.8 Å². The second kappa shape index (κ2) is 5.94. The number of allylic oxidation sites excluding steroid dienone is 2. The first-order chi connectivity index (χ1) is 10.6. The van der Waals surface area contributed by atoms with Crippen LogP contribution in [0.25, 0.3) is 0 Å². The zero-order valence-electron chi connectivity index (χ0n) is 12.7. The highest BCUT2D eigenvalue weighted by atomic mass is 19.2. The monoisotopic (exact) mass is 334 g/mol. The molecular formula is C16H15F5O2. The topological polar surface area (TPSA) is 26.3 Å². The summed E-state index contributed by atoms with van der Waals surface area (Å²) in [5.41, 5.74) is -1.53. The van der Waals surface area contributed by atoms with Gasteiger partial charge in [-0.25, -0.2) is 22.0 Å². The fourth-order valence-corrected chi connectivity index (χ4v) is 2.70. The van der Waals surface area contributed by atoms with Gasteiger partial charge in [-0.2, -0.15) is 0 Å². The minimum Gasteiger partial charge on any atom is -0.460 e. The molecule has 0 aromatic heterocycles. The Morgan fingerprint density at radius 2 is 1.52 bits per heavy atom. The molecule has 1 aliphatic carbocycles. The van der Waals surface area contributed by atoms with Gasteiger partial charge in [0.05, 0.1) is 11.5 Å². The molecule has 7 heteroatoms. The van der Waals surface area contributed by atoms with E-state index in [1.165, 1.54) is 0 Å². The van der Waals surface area contributed by atoms with Gasteiger partial charge in [-0.3, -0.25) is 4.79 Å². The van der Waals surface area contributed by atoms with Gasteiger partial charge in [0.1, 0.15) is 6.61 Å². The van der Waals surface area contributed by atoms with Crippen LogP contribution in [0.4, 0.5) is 22.0 Å². The average molecular weight is 334 g/mol. The number of carbonyl (C=O) groups excluding carboxylic acids is 1. The molecule has 2 nitrogen and oxygen atoms in total. The molecule has 2 rings (SSSR count). The van der Waals surface area contributed by atoms with E-state index < -0.39 is 53.1 Å². The van der Waals surface area contributed by atoms with Crippen molar-refractivity contribution < 1.29 is 31.5 Å². The van der Waals surface area contributed by atoms with E-state index in [1.807, 2.05) is 19.9 Å². The fraction of sp³-hybridized carbons (Fsp3) is 0.438. The number of halogens is 5. The fourth-order valence-electron chi connectivity index (χ4n) is 2.70. The minimum atomic E-state index is -2.24. The molecule has 0 N–H and O–H groups in total. The van der Waals surface area contributed by atoms with E-state index in [0.29, 0.717) is 0 Å². The van der Waals surface area contributed by atoms with Crippen molar-refractivity contribution in [3.8, 4) is 0 Å². The quantitative estimate of drug-likeness (QED) is 0.270. The Kier molecular flexibility index (Phi) is 4.50. The maximum atomic E-state index is 13.5. The van der Waals surface area contributed by atoms with Crippen molar-refractivity contribution in [2.75, 3.05) is 0 Å². The Hall–Kier alpha value is -1.92. The molecule has 1 aromatic rings. The molecule has 0 unspecified atom stereocenters. The minimum absolute atomic E-state index is 0.0867. The van der Waals surface area contributed by atoms with Crippen molar-refractivity contribution in [3.63, 3.8) is 0 Å². The van der Waals surface area contributed by atoms with Gasteiger partial charge >= 0.3 is 5.97 Å². The van der Waals surface area contributed by atoms with Gasteiger partial charge in [0.2, 0.25) is 5.82 Å². The molecule has 1 aromatic carbocycles. The Bertz CT molecular complexity index is 653. The average Bonchev–Trinajstić information content (AvgIpc) is 3.04. The molecule has 126 valence electrons. The summed E-state index contributed by atoms with van der Waals surface area (Å²) in [4.78, 5) is 12.0. The molecule has 1 aliphatic rings. The van der Waals surface area contributed by atoms with Crippen molar-refractivity contribution in [1.29, 1.82) is 0 Å². The number of benzene rings is 1. The van der Waals surface area contributed by atoms with Gasteiger partial charge in [-0.05, 0) is 18.3 Å². The molecule has 1 fully saturated rings. The molecule has 0 spiro atoms. The third-order valence-electron chi connectivity index (χ3n) is 4.22. The molecule has 1 saturated carbocycles. The summed E-state index contributed by atoms with van der Waals surface area (Å²) in [6.07, 6.45) is 3.58. The van der Waals surface area contributed by atoms with Crippen molar-refractivity contribution >= 4 is 5.97 Å². The Balaban J connectivity index is 2.15. The van der Waals surface area contributed by atoms with Crippen LogP contribution in [0.5, 0.6) is 0 Å². The van der Waals surface area contributed by atoms with E-state index in [4.69, 9.17) is 4.74 Å². The van der Waals surface area contributed by atoms with Crippen LogP contribution < -0.4 is 0 Å². The number of carbonyl (C=O) groups is 1. The van der Waals surface area contributed by atoms with Gasteiger partial charge in [0, 0.05) is 0 Å². The second-order valence-corrected chi connectivity index (χ2v) is 6.01. The third kappa shape index (κ3) is 2.84. The van der Waals surface area contributed by atoms with Crippen molar-refractivity contribution in [2.45, 2.75) is 27.4 Å². The van der Waals surface area contributed by atoms with Crippen LogP contribution in [-0.2, 0) is 16.1 Å². The van der Waals surface area contributed by atoms with Gasteiger partial charge in [0.25, 0.3) is 0 Å². The van der Waals surface area contributed by atoms with E-state index in [1.54, 1.807) is 13.0 Å². The Labute approximate surface area is 129 Å². The molecular weight excluding hydrogens is 319 g/mol. The lowest BCUT2D eigenvalue weighted by Gasteiger charge is -2.09. The van der Waals surface area contributed by atoms with Crippen molar-refractivity contribution in [1.82, 2.24) is 0 Å². The highest BCUT2D eigenvalue weighted by Crippen LogP contribution is 2.59. The first-order valence-electron chi connectivity index (χ1n) is 6.94. The highest BCUT2D eigenvalue weighted by molar-refractivity contribution is 5.78. The number of rotatable bonds is 4. The third-order valence-corrected chi connectivity index (χ3v) is 4.22. The Morgan fingerprint density at radius 1 is 1.04 bits per heavy atom. The predicted molar refractivity (Wildman–Crippen MR) is 71.6 cm³/mol. The maximum Gasteiger partial charge on any atom is 0.310 e. The molecule has 0 saturated heterocycles. The first-order valence-corrected chi connectivity index (χ1v) is 6.94. The van der Waals surface area contributed by atoms with Crippen LogP contribution in [0.2, 0.25) is 0 Å². The number of esters is 1. The lowest BCUT2D eigenvalue weighted by atomic mass is 10.1. The molecule has 23 heavy (non-hydrogen) atoms. The molecule has 0 aliphatic heterocycles. The number of hydrogen-bond donors (Lipinski definition) is 0. The smallest absolute Gasteiger partial charge is 0.310 e. The number of ether oxygens (including phenoxy) is 1. The van der Waals surface area contributed by atoms with Crippen LogP contribution in [0.1, 0.15) is 26.3 Å². The molecule has 0 heterocycles. The Morgan fingerprint density at radius 3 is 2.00 bits per heavy atom. The summed E-state index contributed by atoms with van der Waals surface area (Å²) in [6, 6.07) is 0. The highest BCUT2D eigenvalue weighted by Gasteiger charge is 2.61. The normalized spacial score (nSPS) is 22.4. The van der Waals surface area contributed by atoms with E-state index in [-0.39, 0.29) is 11.3 Å². The summed E-state index contributed by atoms with van der Waals surface area (Å²) in [6.45, 7) is 4.41. The van der Waals surface area contributed by atoms with Crippen LogP contribution in [0, 0.1) is 46.3 Å².